The van der Waals surface area contributed by atoms with Gasteiger partial charge in [-0.3, -0.25) is 0 Å². The molecule has 4 rings (SSSR count). The lowest BCUT2D eigenvalue weighted by atomic mass is 9.91. The van der Waals surface area contributed by atoms with Crippen LogP contribution in [-0.2, 0) is 12.8 Å². The van der Waals surface area contributed by atoms with Gasteiger partial charge in [-0.05, 0) is 61.6 Å². The third-order valence-corrected chi connectivity index (χ3v) is 4.90. The summed E-state index contributed by atoms with van der Waals surface area (Å²) in [6.07, 6.45) is 3.80. The van der Waals surface area contributed by atoms with Crippen LogP contribution in [0.15, 0.2) is 51.7 Å². The highest BCUT2D eigenvalue weighted by atomic mass is 16.5. The monoisotopic (exact) mass is 380 g/mol. The van der Waals surface area contributed by atoms with Crippen LogP contribution >= 0.6 is 0 Å². The van der Waals surface area contributed by atoms with Crippen molar-refractivity contribution >= 4 is 16.9 Å². The Morgan fingerprint density at radius 1 is 0.964 bits per heavy atom. The summed E-state index contributed by atoms with van der Waals surface area (Å²) < 4.78 is 16.7. The average molecular weight is 380 g/mol. The largest absolute Gasteiger partial charge is 0.490 e. The molecule has 3 aromatic rings. The molecule has 0 spiro atoms. The summed E-state index contributed by atoms with van der Waals surface area (Å²) in [6, 6.07) is 11.8. The van der Waals surface area contributed by atoms with Gasteiger partial charge in [0.2, 0.25) is 0 Å². The lowest BCUT2D eigenvalue weighted by Crippen LogP contribution is -2.15. The first kappa shape index (κ1) is 18.1. The van der Waals surface area contributed by atoms with E-state index in [0.29, 0.717) is 17.1 Å². The Morgan fingerprint density at radius 2 is 1.68 bits per heavy atom. The average Bonchev–Trinajstić information content (AvgIpc) is 2.71. The van der Waals surface area contributed by atoms with E-state index in [1.165, 1.54) is 12.1 Å². The van der Waals surface area contributed by atoms with Crippen LogP contribution in [0.4, 0.5) is 0 Å². The second kappa shape index (κ2) is 7.76. The Hall–Kier alpha value is -3.28. The molecule has 28 heavy (non-hydrogen) atoms. The lowest BCUT2D eigenvalue weighted by molar-refractivity contribution is 0.0696. The molecule has 2 aromatic carbocycles. The van der Waals surface area contributed by atoms with E-state index in [4.69, 9.17) is 19.0 Å². The first-order chi connectivity index (χ1) is 13.6. The third kappa shape index (κ3) is 3.71. The Balaban J connectivity index is 1.42. The van der Waals surface area contributed by atoms with Gasteiger partial charge in [0.1, 0.15) is 30.3 Å². The van der Waals surface area contributed by atoms with Crippen molar-refractivity contribution in [3.63, 3.8) is 0 Å². The van der Waals surface area contributed by atoms with E-state index in [9.17, 15) is 9.59 Å². The Labute approximate surface area is 161 Å². The van der Waals surface area contributed by atoms with Crippen molar-refractivity contribution in [1.82, 2.24) is 0 Å². The number of fused-ring (bicyclic) bond motifs is 3. The molecule has 6 nitrogen and oxygen atoms in total. The number of benzene rings is 2. The van der Waals surface area contributed by atoms with Gasteiger partial charge in [0.05, 0.1) is 5.56 Å². The second-order valence-corrected chi connectivity index (χ2v) is 6.74. The fourth-order valence-electron chi connectivity index (χ4n) is 3.55. The molecule has 144 valence electrons. The minimum absolute atomic E-state index is 0.173. The molecule has 1 heterocycles. The molecule has 0 fully saturated rings. The van der Waals surface area contributed by atoms with Gasteiger partial charge < -0.3 is 19.0 Å². The molecule has 0 bridgehead atoms. The molecule has 1 aliphatic carbocycles. The van der Waals surface area contributed by atoms with Crippen LogP contribution in [0.3, 0.4) is 0 Å². The van der Waals surface area contributed by atoms with Gasteiger partial charge in [-0.25, -0.2) is 9.59 Å². The number of ether oxygens (including phenoxy) is 2. The maximum absolute atomic E-state index is 12.2. The van der Waals surface area contributed by atoms with Crippen LogP contribution in [0, 0.1) is 0 Å². The van der Waals surface area contributed by atoms with E-state index >= 15 is 0 Å². The number of rotatable bonds is 6. The van der Waals surface area contributed by atoms with Gasteiger partial charge >= 0.3 is 11.6 Å². The number of carboxylic acid groups (broad SMARTS) is 1. The molecule has 0 radical (unpaired) electrons. The molecule has 1 aromatic heterocycles. The maximum Gasteiger partial charge on any atom is 0.339 e. The van der Waals surface area contributed by atoms with Crippen molar-refractivity contribution < 1.29 is 23.8 Å². The van der Waals surface area contributed by atoms with E-state index in [2.05, 4.69) is 0 Å². The predicted octanol–water partition coefficient (Wildman–Crippen LogP) is 3.83. The van der Waals surface area contributed by atoms with Gasteiger partial charge in [-0.1, -0.05) is 6.07 Å². The number of aryl methyl sites for hydroxylation is 1. The summed E-state index contributed by atoms with van der Waals surface area (Å²) in [5, 5.41) is 9.97. The number of hydrogen-bond acceptors (Lipinski definition) is 5. The van der Waals surface area contributed by atoms with Crippen LogP contribution in [0.1, 0.15) is 34.3 Å². The van der Waals surface area contributed by atoms with E-state index in [1.54, 1.807) is 18.2 Å². The quantitative estimate of drug-likeness (QED) is 0.517. The first-order valence-corrected chi connectivity index (χ1v) is 9.29. The zero-order chi connectivity index (χ0) is 19.5. The van der Waals surface area contributed by atoms with Gasteiger partial charge in [-0.2, -0.15) is 0 Å². The molecule has 0 aliphatic heterocycles. The first-order valence-electron chi connectivity index (χ1n) is 9.29. The molecule has 6 heteroatoms. The minimum atomic E-state index is -0.999. The minimum Gasteiger partial charge on any atom is -0.490 e. The van der Waals surface area contributed by atoms with Gasteiger partial charge in [0, 0.05) is 17.0 Å². The maximum atomic E-state index is 12.2. The lowest BCUT2D eigenvalue weighted by Gasteiger charge is -2.16. The second-order valence-electron chi connectivity index (χ2n) is 6.74. The molecule has 0 saturated heterocycles. The fourth-order valence-corrected chi connectivity index (χ4v) is 3.55. The summed E-state index contributed by atoms with van der Waals surface area (Å²) in [6.45, 7) is 0.535. The van der Waals surface area contributed by atoms with Crippen molar-refractivity contribution in [1.29, 1.82) is 0 Å². The normalized spacial score (nSPS) is 13.1. The van der Waals surface area contributed by atoms with E-state index in [1.807, 2.05) is 12.1 Å². The highest BCUT2D eigenvalue weighted by Gasteiger charge is 2.18. The highest BCUT2D eigenvalue weighted by molar-refractivity contribution is 5.88. The number of carboxylic acids is 1. The standard InChI is InChI=1S/C22H20O6/c23-21(24)14-4-3-5-15(12-14)26-10-11-27-16-8-9-18-17-6-1-2-7-19(17)22(25)28-20(18)13-16/h3-5,8-9,12-13H,1-2,6-7,10-11H2,(H,23,24). The van der Waals surface area contributed by atoms with Gasteiger partial charge in [0.25, 0.3) is 0 Å². The van der Waals surface area contributed by atoms with Crippen LogP contribution < -0.4 is 15.1 Å². The summed E-state index contributed by atoms with van der Waals surface area (Å²) in [5.74, 6) is 0.0653. The molecule has 0 unspecified atom stereocenters. The van der Waals surface area contributed by atoms with E-state index in [0.717, 1.165) is 42.2 Å². The smallest absolute Gasteiger partial charge is 0.339 e. The summed E-state index contributed by atoms with van der Waals surface area (Å²) in [5.41, 5.74) is 2.38. The zero-order valence-electron chi connectivity index (χ0n) is 15.3. The van der Waals surface area contributed by atoms with Crippen molar-refractivity contribution in [2.45, 2.75) is 25.7 Å². The zero-order valence-corrected chi connectivity index (χ0v) is 15.3. The Kier molecular flexibility index (Phi) is 5.02. The Morgan fingerprint density at radius 3 is 2.43 bits per heavy atom. The van der Waals surface area contributed by atoms with Crippen LogP contribution in [0.2, 0.25) is 0 Å². The van der Waals surface area contributed by atoms with E-state index in [-0.39, 0.29) is 24.4 Å². The van der Waals surface area contributed by atoms with E-state index < -0.39 is 5.97 Å². The van der Waals surface area contributed by atoms with Crippen molar-refractivity contribution in [2.75, 3.05) is 13.2 Å². The molecule has 1 aliphatic rings. The van der Waals surface area contributed by atoms with Gasteiger partial charge in [-0.15, -0.1) is 0 Å². The van der Waals surface area contributed by atoms with Crippen LogP contribution in [0.25, 0.3) is 11.0 Å². The van der Waals surface area contributed by atoms with Crippen molar-refractivity contribution in [3.05, 3.63) is 69.6 Å². The van der Waals surface area contributed by atoms with Crippen molar-refractivity contribution in [2.24, 2.45) is 0 Å². The predicted molar refractivity (Wildman–Crippen MR) is 104 cm³/mol. The molecule has 1 N–H and O–H groups in total. The van der Waals surface area contributed by atoms with Crippen LogP contribution in [-0.4, -0.2) is 24.3 Å². The van der Waals surface area contributed by atoms with Crippen LogP contribution in [0.5, 0.6) is 11.5 Å². The van der Waals surface area contributed by atoms with Gasteiger partial charge in [0.15, 0.2) is 0 Å². The Bertz CT molecular complexity index is 1080. The number of aromatic carboxylic acids is 1. The SMILES string of the molecule is O=C(O)c1cccc(OCCOc2ccc3c4c(c(=O)oc3c2)CCCC4)c1. The number of carbonyl (C=O) groups is 1. The summed E-state index contributed by atoms with van der Waals surface area (Å²) >= 11 is 0. The summed E-state index contributed by atoms with van der Waals surface area (Å²) in [7, 11) is 0. The third-order valence-electron chi connectivity index (χ3n) is 4.90. The molecule has 0 saturated carbocycles. The molecular weight excluding hydrogens is 360 g/mol. The molecule has 0 atom stereocenters. The molecular formula is C22H20O6. The fraction of sp³-hybridized carbons (Fsp3) is 0.273. The van der Waals surface area contributed by atoms with Crippen molar-refractivity contribution in [3.8, 4) is 11.5 Å². The topological polar surface area (TPSA) is 86.0 Å². The highest BCUT2D eigenvalue weighted by Crippen LogP contribution is 2.29. The molecule has 0 amide bonds. The summed E-state index contributed by atoms with van der Waals surface area (Å²) in [4.78, 5) is 23.2. The number of hydrogen-bond donors (Lipinski definition) is 1.